The fourth-order valence-electron chi connectivity index (χ4n) is 0.784. The summed E-state index contributed by atoms with van der Waals surface area (Å²) < 4.78 is 0.584. The van der Waals surface area contributed by atoms with Crippen LogP contribution in [0.15, 0.2) is 9.72 Å². The Hall–Kier alpha value is -1.08. The van der Waals surface area contributed by atoms with Gasteiger partial charge < -0.3 is 10.2 Å². The molecule has 0 aliphatic carbocycles. The fourth-order valence-corrected chi connectivity index (χ4v) is 2.43. The minimum absolute atomic E-state index is 0.0611. The Morgan fingerprint density at radius 2 is 2.27 bits per heavy atom. The largest absolute Gasteiger partial charge is 0.481 e. The number of carboxylic acids is 2. The summed E-state index contributed by atoms with van der Waals surface area (Å²) >= 11 is 2.36. The highest BCUT2D eigenvalue weighted by Crippen LogP contribution is 2.26. The minimum Gasteiger partial charge on any atom is -0.481 e. The van der Waals surface area contributed by atoms with Crippen LogP contribution in [0.1, 0.15) is 18.5 Å². The summed E-state index contributed by atoms with van der Waals surface area (Å²) in [7, 11) is 0. The summed E-state index contributed by atoms with van der Waals surface area (Å²) in [5.41, 5.74) is 0.473. The third-order valence-electron chi connectivity index (χ3n) is 1.63. The third-order valence-corrected chi connectivity index (χ3v) is 3.66. The molecule has 0 aliphatic heterocycles. The topological polar surface area (TPSA) is 87.5 Å². The third kappa shape index (κ3) is 3.52. The van der Waals surface area contributed by atoms with Crippen LogP contribution in [0, 0.1) is 0 Å². The predicted molar refractivity (Wildman–Crippen MR) is 56.5 cm³/mol. The van der Waals surface area contributed by atoms with Crippen molar-refractivity contribution in [3.05, 3.63) is 11.1 Å². The molecule has 0 saturated heterocycles. The lowest BCUT2D eigenvalue weighted by Crippen LogP contribution is -2.07. The molecule has 0 bridgehead atoms. The van der Waals surface area contributed by atoms with Crippen LogP contribution in [-0.4, -0.2) is 32.9 Å². The van der Waals surface area contributed by atoms with Gasteiger partial charge in [-0.05, 0) is 6.92 Å². The van der Waals surface area contributed by atoms with E-state index in [2.05, 4.69) is 4.98 Å². The smallest absolute Gasteiger partial charge is 0.313 e. The summed E-state index contributed by atoms with van der Waals surface area (Å²) in [6, 6.07) is 0. The second-order valence-corrected chi connectivity index (χ2v) is 4.86. The maximum atomic E-state index is 10.6. The molecule has 1 aromatic heterocycles. The normalized spacial score (nSPS) is 12.3. The van der Waals surface area contributed by atoms with Gasteiger partial charge in [0.15, 0.2) is 4.34 Å². The van der Waals surface area contributed by atoms with Crippen LogP contribution in [0.5, 0.6) is 0 Å². The van der Waals surface area contributed by atoms with Crippen LogP contribution in [0.4, 0.5) is 0 Å². The number of thioether (sulfide) groups is 1. The molecule has 0 spiro atoms. The van der Waals surface area contributed by atoms with Crippen molar-refractivity contribution in [3.63, 3.8) is 0 Å². The van der Waals surface area contributed by atoms with Gasteiger partial charge in [0.25, 0.3) is 0 Å². The quantitative estimate of drug-likeness (QED) is 0.767. The number of rotatable bonds is 5. The van der Waals surface area contributed by atoms with Gasteiger partial charge in [0, 0.05) is 5.38 Å². The number of nitrogens with zero attached hydrogens (tertiary/aromatic N) is 1. The van der Waals surface area contributed by atoms with Gasteiger partial charge >= 0.3 is 11.9 Å². The van der Waals surface area contributed by atoms with Crippen molar-refractivity contribution in [1.29, 1.82) is 0 Å². The second-order valence-electron chi connectivity index (χ2n) is 2.78. The van der Waals surface area contributed by atoms with Gasteiger partial charge in [0.05, 0.1) is 17.4 Å². The molecule has 1 rings (SSSR count). The Bertz CT molecular complexity index is 376. The van der Waals surface area contributed by atoms with E-state index < -0.39 is 17.9 Å². The van der Waals surface area contributed by atoms with Crippen molar-refractivity contribution < 1.29 is 19.8 Å². The van der Waals surface area contributed by atoms with E-state index in [1.54, 1.807) is 12.3 Å². The van der Waals surface area contributed by atoms with E-state index in [1.165, 1.54) is 11.3 Å². The molecule has 0 fully saturated rings. The van der Waals surface area contributed by atoms with Crippen molar-refractivity contribution in [3.8, 4) is 0 Å². The molecule has 15 heavy (non-hydrogen) atoms. The van der Waals surface area contributed by atoms with Gasteiger partial charge in [-0.2, -0.15) is 0 Å². The summed E-state index contributed by atoms with van der Waals surface area (Å²) in [4.78, 5) is 25.0. The lowest BCUT2D eigenvalue weighted by Gasteiger charge is -1.99. The van der Waals surface area contributed by atoms with Crippen molar-refractivity contribution in [2.45, 2.75) is 17.2 Å². The highest BCUT2D eigenvalue weighted by molar-refractivity contribution is 8.01. The zero-order valence-corrected chi connectivity index (χ0v) is 9.47. The molecule has 0 saturated carbocycles. The number of aromatic nitrogens is 1. The molecule has 5 nitrogen and oxygen atoms in total. The summed E-state index contributed by atoms with van der Waals surface area (Å²) in [5, 5.41) is 18.8. The molecule has 0 amide bonds. The summed E-state index contributed by atoms with van der Waals surface area (Å²) in [6.45, 7) is 1.54. The molecule has 0 radical (unpaired) electrons. The van der Waals surface area contributed by atoms with Crippen LogP contribution in [0.25, 0.3) is 0 Å². The number of carbonyl (C=O) groups is 2. The molecule has 1 atom stereocenters. The van der Waals surface area contributed by atoms with Gasteiger partial charge in [0.2, 0.25) is 0 Å². The second kappa shape index (κ2) is 5.13. The minimum atomic E-state index is -0.935. The van der Waals surface area contributed by atoms with Crippen LogP contribution >= 0.6 is 23.1 Å². The van der Waals surface area contributed by atoms with Gasteiger partial charge in [-0.25, -0.2) is 4.98 Å². The Balaban J connectivity index is 2.63. The van der Waals surface area contributed by atoms with Crippen molar-refractivity contribution in [2.24, 2.45) is 0 Å². The van der Waals surface area contributed by atoms with Crippen molar-refractivity contribution in [1.82, 2.24) is 4.98 Å². The molecule has 1 unspecified atom stereocenters. The van der Waals surface area contributed by atoms with Gasteiger partial charge in [-0.15, -0.1) is 11.3 Å². The first-order chi connectivity index (χ1) is 7.00. The zero-order valence-electron chi connectivity index (χ0n) is 7.84. The Morgan fingerprint density at radius 3 is 2.80 bits per heavy atom. The SMILES string of the molecule is CC(C(=O)O)c1csc(SCC(=O)O)n1. The number of thiazole rings is 1. The van der Waals surface area contributed by atoms with E-state index in [0.29, 0.717) is 10.0 Å². The molecule has 0 aliphatic rings. The molecule has 82 valence electrons. The van der Waals surface area contributed by atoms with Crippen molar-refractivity contribution in [2.75, 3.05) is 5.75 Å². The number of carboxylic acid groups (broad SMARTS) is 2. The van der Waals surface area contributed by atoms with Gasteiger partial charge in [0.1, 0.15) is 0 Å². The highest BCUT2D eigenvalue weighted by Gasteiger charge is 2.17. The van der Waals surface area contributed by atoms with Crippen LogP contribution < -0.4 is 0 Å². The van der Waals surface area contributed by atoms with E-state index in [1.807, 2.05) is 0 Å². The van der Waals surface area contributed by atoms with Gasteiger partial charge in [-0.1, -0.05) is 11.8 Å². The van der Waals surface area contributed by atoms with Crippen LogP contribution in [0.3, 0.4) is 0 Å². The maximum absolute atomic E-state index is 10.6. The number of hydrogen-bond acceptors (Lipinski definition) is 5. The number of hydrogen-bond donors (Lipinski definition) is 2. The molecule has 1 aromatic rings. The Morgan fingerprint density at radius 1 is 1.60 bits per heavy atom. The molecule has 1 heterocycles. The zero-order chi connectivity index (χ0) is 11.4. The van der Waals surface area contributed by atoms with Gasteiger partial charge in [-0.3, -0.25) is 9.59 Å². The summed E-state index contributed by atoms with van der Waals surface area (Å²) in [5.74, 6) is -2.56. The fraction of sp³-hybridized carbons (Fsp3) is 0.375. The van der Waals surface area contributed by atoms with Crippen LogP contribution in [-0.2, 0) is 9.59 Å². The average molecular weight is 247 g/mol. The molecule has 7 heteroatoms. The first kappa shape index (κ1) is 12.0. The van der Waals surface area contributed by atoms with E-state index in [9.17, 15) is 9.59 Å². The highest BCUT2D eigenvalue weighted by atomic mass is 32.2. The predicted octanol–water partition coefficient (Wildman–Crippen LogP) is 1.51. The molecular weight excluding hydrogens is 238 g/mol. The number of aliphatic carboxylic acids is 2. The Kier molecular flexibility index (Phi) is 4.10. The van der Waals surface area contributed by atoms with Crippen LogP contribution in [0.2, 0.25) is 0 Å². The van der Waals surface area contributed by atoms with E-state index in [0.717, 1.165) is 11.8 Å². The van der Waals surface area contributed by atoms with E-state index in [-0.39, 0.29) is 5.75 Å². The first-order valence-corrected chi connectivity index (χ1v) is 5.90. The lowest BCUT2D eigenvalue weighted by atomic mass is 10.1. The maximum Gasteiger partial charge on any atom is 0.313 e. The lowest BCUT2D eigenvalue weighted by molar-refractivity contribution is -0.138. The average Bonchev–Trinajstić information content (AvgIpc) is 2.61. The van der Waals surface area contributed by atoms with Crippen molar-refractivity contribution >= 4 is 35.0 Å². The standard InChI is InChI=1S/C8H9NO4S2/c1-4(7(12)13)5-2-14-8(9-5)15-3-6(10)11/h2,4H,3H2,1H3,(H,10,11)(H,12,13). The monoisotopic (exact) mass is 247 g/mol. The molecular formula is C8H9NO4S2. The van der Waals surface area contributed by atoms with E-state index >= 15 is 0 Å². The molecule has 0 aromatic carbocycles. The summed E-state index contributed by atoms with van der Waals surface area (Å²) in [6.07, 6.45) is 0. The molecule has 2 N–H and O–H groups in total. The first-order valence-electron chi connectivity index (χ1n) is 4.03. The van der Waals surface area contributed by atoms with E-state index in [4.69, 9.17) is 10.2 Å². The Labute approximate surface area is 94.2 Å².